The molecule has 0 aliphatic heterocycles. The van der Waals surface area contributed by atoms with E-state index in [0.717, 1.165) is 5.69 Å². The molecule has 0 saturated heterocycles. The van der Waals surface area contributed by atoms with Gasteiger partial charge in [-0.15, -0.1) is 0 Å². The van der Waals surface area contributed by atoms with Gasteiger partial charge in [-0.05, 0) is 31.2 Å². The maximum absolute atomic E-state index is 13.2. The third kappa shape index (κ3) is 2.87. The number of nitrogens with zero attached hydrogens (tertiary/aromatic N) is 2. The standard InChI is InChI=1S/C14H10F3N3O2S/c1-8-6-20-7-9(2-3-13(20)18-8)19-23(21,22)10-4-11(15)14(17)12(16)5-10/h2-7,19H,1H3. The van der Waals surface area contributed by atoms with Crippen molar-refractivity contribution in [3.63, 3.8) is 0 Å². The molecule has 0 fully saturated rings. The van der Waals surface area contributed by atoms with Gasteiger partial charge in [0.15, 0.2) is 17.5 Å². The molecule has 2 aromatic heterocycles. The predicted molar refractivity (Wildman–Crippen MR) is 77.1 cm³/mol. The number of anilines is 1. The highest BCUT2D eigenvalue weighted by Crippen LogP contribution is 2.21. The van der Waals surface area contributed by atoms with Gasteiger partial charge in [-0.2, -0.15) is 0 Å². The molecule has 5 nitrogen and oxygen atoms in total. The summed E-state index contributed by atoms with van der Waals surface area (Å²) in [5.74, 6) is -4.88. The molecule has 0 bridgehead atoms. The molecule has 2 heterocycles. The van der Waals surface area contributed by atoms with Gasteiger partial charge in [0.2, 0.25) is 0 Å². The van der Waals surface area contributed by atoms with Gasteiger partial charge in [-0.1, -0.05) is 0 Å². The Balaban J connectivity index is 1.99. The number of fused-ring (bicyclic) bond motifs is 1. The quantitative estimate of drug-likeness (QED) is 0.745. The summed E-state index contributed by atoms with van der Waals surface area (Å²) in [6, 6.07) is 3.87. The molecule has 1 aromatic carbocycles. The van der Waals surface area contributed by atoms with E-state index in [1.807, 2.05) is 0 Å². The topological polar surface area (TPSA) is 63.5 Å². The molecule has 3 aromatic rings. The van der Waals surface area contributed by atoms with Gasteiger partial charge in [0.25, 0.3) is 10.0 Å². The van der Waals surface area contributed by atoms with Crippen LogP contribution in [-0.2, 0) is 10.0 Å². The number of rotatable bonds is 3. The maximum Gasteiger partial charge on any atom is 0.262 e. The van der Waals surface area contributed by atoms with Crippen molar-refractivity contribution < 1.29 is 21.6 Å². The number of hydrogen-bond donors (Lipinski definition) is 1. The van der Waals surface area contributed by atoms with E-state index in [1.54, 1.807) is 23.6 Å². The molecular formula is C14H10F3N3O2S. The Labute approximate surface area is 129 Å². The molecule has 0 spiro atoms. The lowest BCUT2D eigenvalue weighted by molar-refractivity contribution is 0.442. The SMILES string of the molecule is Cc1cn2cc(NS(=O)(=O)c3cc(F)c(F)c(F)c3)ccc2n1. The van der Waals surface area contributed by atoms with Crippen LogP contribution in [-0.4, -0.2) is 17.8 Å². The summed E-state index contributed by atoms with van der Waals surface area (Å²) in [5.41, 5.74) is 1.53. The second kappa shape index (κ2) is 5.27. The fraction of sp³-hybridized carbons (Fsp3) is 0.0714. The van der Waals surface area contributed by atoms with Crippen LogP contribution in [0.3, 0.4) is 0 Å². The van der Waals surface area contributed by atoms with Gasteiger partial charge in [0, 0.05) is 12.4 Å². The number of sulfonamides is 1. The van der Waals surface area contributed by atoms with E-state index in [4.69, 9.17) is 0 Å². The van der Waals surface area contributed by atoms with Crippen molar-refractivity contribution in [3.8, 4) is 0 Å². The molecule has 0 radical (unpaired) electrons. The van der Waals surface area contributed by atoms with Crippen LogP contribution in [0.1, 0.15) is 5.69 Å². The highest BCUT2D eigenvalue weighted by atomic mass is 32.2. The van der Waals surface area contributed by atoms with E-state index >= 15 is 0 Å². The predicted octanol–water partition coefficient (Wildman–Crippen LogP) is 2.86. The zero-order valence-electron chi connectivity index (χ0n) is 11.7. The van der Waals surface area contributed by atoms with Gasteiger partial charge in [-0.3, -0.25) is 4.72 Å². The highest BCUT2D eigenvalue weighted by molar-refractivity contribution is 7.92. The van der Waals surface area contributed by atoms with Crippen LogP contribution < -0.4 is 4.72 Å². The average molecular weight is 341 g/mol. The van der Waals surface area contributed by atoms with Gasteiger partial charge in [-0.25, -0.2) is 26.6 Å². The molecule has 0 aliphatic rings. The van der Waals surface area contributed by atoms with Crippen molar-refractivity contribution in [1.82, 2.24) is 9.38 Å². The first-order valence-corrected chi connectivity index (χ1v) is 7.87. The fourth-order valence-electron chi connectivity index (χ4n) is 2.08. The van der Waals surface area contributed by atoms with Crippen molar-refractivity contribution in [2.24, 2.45) is 0 Å². The lowest BCUT2D eigenvalue weighted by Crippen LogP contribution is -2.14. The van der Waals surface area contributed by atoms with Crippen molar-refractivity contribution in [3.05, 3.63) is 59.8 Å². The van der Waals surface area contributed by atoms with Crippen LogP contribution in [0.2, 0.25) is 0 Å². The highest BCUT2D eigenvalue weighted by Gasteiger charge is 2.20. The number of halogens is 3. The molecule has 0 saturated carbocycles. The molecule has 9 heteroatoms. The summed E-state index contributed by atoms with van der Waals surface area (Å²) in [5, 5.41) is 0. The van der Waals surface area contributed by atoms with Crippen LogP contribution in [0.4, 0.5) is 18.9 Å². The van der Waals surface area contributed by atoms with E-state index in [2.05, 4.69) is 9.71 Å². The van der Waals surface area contributed by atoms with Crippen molar-refractivity contribution in [2.45, 2.75) is 11.8 Å². The largest absolute Gasteiger partial charge is 0.305 e. The fourth-order valence-corrected chi connectivity index (χ4v) is 3.15. The normalized spacial score (nSPS) is 11.8. The number of imidazole rings is 1. The lowest BCUT2D eigenvalue weighted by Gasteiger charge is -2.09. The van der Waals surface area contributed by atoms with Crippen LogP contribution >= 0.6 is 0 Å². The zero-order chi connectivity index (χ0) is 16.8. The van der Waals surface area contributed by atoms with E-state index in [1.165, 1.54) is 12.3 Å². The number of nitrogens with one attached hydrogen (secondary N) is 1. The van der Waals surface area contributed by atoms with E-state index in [0.29, 0.717) is 17.8 Å². The minimum absolute atomic E-state index is 0.167. The molecule has 0 amide bonds. The van der Waals surface area contributed by atoms with Crippen LogP contribution in [0.15, 0.2) is 41.6 Å². The third-order valence-electron chi connectivity index (χ3n) is 3.09. The van der Waals surface area contributed by atoms with Crippen LogP contribution in [0, 0.1) is 24.4 Å². The van der Waals surface area contributed by atoms with Crippen molar-refractivity contribution in [2.75, 3.05) is 4.72 Å². The lowest BCUT2D eigenvalue weighted by atomic mass is 10.3. The average Bonchev–Trinajstić information content (AvgIpc) is 2.83. The smallest absolute Gasteiger partial charge is 0.262 e. The van der Waals surface area contributed by atoms with E-state index in [9.17, 15) is 21.6 Å². The van der Waals surface area contributed by atoms with Gasteiger partial charge < -0.3 is 4.40 Å². The Bertz CT molecular complexity index is 992. The Hall–Kier alpha value is -2.55. The number of aromatic nitrogens is 2. The Morgan fingerprint density at radius 2 is 1.74 bits per heavy atom. The zero-order valence-corrected chi connectivity index (χ0v) is 12.5. The Morgan fingerprint density at radius 3 is 2.39 bits per heavy atom. The number of pyridine rings is 1. The summed E-state index contributed by atoms with van der Waals surface area (Å²) in [7, 11) is -4.27. The summed E-state index contributed by atoms with van der Waals surface area (Å²) < 4.78 is 67.4. The first-order chi connectivity index (χ1) is 10.8. The molecular weight excluding hydrogens is 331 g/mol. The molecule has 0 atom stereocenters. The summed E-state index contributed by atoms with van der Waals surface area (Å²) in [6.45, 7) is 1.78. The second-order valence-corrected chi connectivity index (χ2v) is 6.55. The summed E-state index contributed by atoms with van der Waals surface area (Å²) in [6.07, 6.45) is 3.15. The minimum Gasteiger partial charge on any atom is -0.305 e. The second-order valence-electron chi connectivity index (χ2n) is 4.87. The van der Waals surface area contributed by atoms with E-state index < -0.39 is 32.4 Å². The monoisotopic (exact) mass is 341 g/mol. The van der Waals surface area contributed by atoms with E-state index in [-0.39, 0.29) is 5.69 Å². The Kier molecular flexibility index (Phi) is 3.52. The number of hydrogen-bond acceptors (Lipinski definition) is 3. The molecule has 120 valence electrons. The van der Waals surface area contributed by atoms with Gasteiger partial charge >= 0.3 is 0 Å². The van der Waals surface area contributed by atoms with Crippen LogP contribution in [0.25, 0.3) is 5.65 Å². The molecule has 0 unspecified atom stereocenters. The Morgan fingerprint density at radius 1 is 1.09 bits per heavy atom. The summed E-state index contributed by atoms with van der Waals surface area (Å²) in [4.78, 5) is 3.47. The molecule has 0 aliphatic carbocycles. The molecule has 3 rings (SSSR count). The summed E-state index contributed by atoms with van der Waals surface area (Å²) >= 11 is 0. The number of benzene rings is 1. The van der Waals surface area contributed by atoms with Crippen molar-refractivity contribution >= 4 is 21.4 Å². The maximum atomic E-state index is 13.2. The number of aryl methyl sites for hydroxylation is 1. The third-order valence-corrected chi connectivity index (χ3v) is 4.45. The van der Waals surface area contributed by atoms with Crippen LogP contribution in [0.5, 0.6) is 0 Å². The van der Waals surface area contributed by atoms with Gasteiger partial charge in [0.05, 0.1) is 16.3 Å². The molecule has 1 N–H and O–H groups in total. The van der Waals surface area contributed by atoms with Crippen molar-refractivity contribution in [1.29, 1.82) is 0 Å². The first kappa shape index (κ1) is 15.3. The van der Waals surface area contributed by atoms with Gasteiger partial charge in [0.1, 0.15) is 5.65 Å². The first-order valence-electron chi connectivity index (χ1n) is 6.39. The molecule has 23 heavy (non-hydrogen) atoms. The minimum atomic E-state index is -4.27.